The number of aliphatic hydroxyl groups is 1. The Kier molecular flexibility index (Phi) is 3.68. The smallest absolute Gasteiger partial charge is 0.318 e. The molecule has 2 rings (SSSR count). The molecule has 0 radical (unpaired) electrons. The van der Waals surface area contributed by atoms with Gasteiger partial charge in [0.1, 0.15) is 17.1 Å². The number of benzene rings is 1. The normalized spacial score (nSPS) is 11.2. The maximum Gasteiger partial charge on any atom is 0.318 e. The fraction of sp³-hybridized carbons (Fsp3) is 0.182. The van der Waals surface area contributed by atoms with Gasteiger partial charge in [-0.15, -0.1) is 0 Å². The van der Waals surface area contributed by atoms with Crippen LogP contribution in [0.3, 0.4) is 0 Å². The topological polar surface area (TPSA) is 38.0 Å². The molecule has 7 heteroatoms. The number of nitrogens with zero attached hydrogens (tertiary/aromatic N) is 2. The maximum absolute atomic E-state index is 13.8. The van der Waals surface area contributed by atoms with Crippen LogP contribution in [0, 0.1) is 5.82 Å². The largest absolute Gasteiger partial charge is 0.392 e. The summed E-state index contributed by atoms with van der Waals surface area (Å²) in [4.78, 5) is 3.74. The van der Waals surface area contributed by atoms with Crippen LogP contribution in [0.5, 0.6) is 0 Å². The number of aryl methyl sites for hydroxylation is 1. The third-order valence-corrected chi connectivity index (χ3v) is 3.06. The minimum absolute atomic E-state index is 0.137. The average Bonchev–Trinajstić information content (AvgIpc) is 2.71. The molecule has 96 valence electrons. The summed E-state index contributed by atoms with van der Waals surface area (Å²) in [7, 11) is -1.76. The number of aliphatic hydroxyl groups excluding tert-OH is 1. The van der Waals surface area contributed by atoms with E-state index in [1.54, 1.807) is 0 Å². The Morgan fingerprint density at radius 2 is 2.11 bits per heavy atom. The fourth-order valence-corrected chi connectivity index (χ4v) is 2.05. The van der Waals surface area contributed by atoms with E-state index in [4.69, 9.17) is 5.11 Å². The Morgan fingerprint density at radius 1 is 1.39 bits per heavy atom. The Hall–Kier alpha value is -1.39. The molecule has 0 atom stereocenters. The summed E-state index contributed by atoms with van der Waals surface area (Å²) in [6.07, 6.45) is 1.19. The number of hydrogen-bond acceptors (Lipinski definition) is 2. The monoisotopic (exact) mass is 274 g/mol. The van der Waals surface area contributed by atoms with Crippen molar-refractivity contribution < 1.29 is 17.9 Å². The van der Waals surface area contributed by atoms with E-state index in [-0.39, 0.29) is 23.4 Å². The first kappa shape index (κ1) is 13.1. The summed E-state index contributed by atoms with van der Waals surface area (Å²) in [5.41, 5.74) is 0.231. The van der Waals surface area contributed by atoms with Crippen molar-refractivity contribution in [3.8, 4) is 11.4 Å². The Balaban J connectivity index is 2.48. The molecular weight excluding hydrogens is 264 g/mol. The van der Waals surface area contributed by atoms with Crippen LogP contribution in [0.1, 0.15) is 5.56 Å². The second kappa shape index (κ2) is 5.08. The van der Waals surface area contributed by atoms with E-state index >= 15 is 0 Å². The van der Waals surface area contributed by atoms with Gasteiger partial charge in [-0.3, -0.25) is 0 Å². The number of hydrogen-bond donors (Lipinski definition) is 1. The first-order chi connectivity index (χ1) is 8.52. The van der Waals surface area contributed by atoms with Crippen molar-refractivity contribution in [2.24, 2.45) is 7.05 Å². The fourth-order valence-electron chi connectivity index (χ4n) is 1.62. The lowest BCUT2D eigenvalue weighted by Gasteiger charge is -2.04. The van der Waals surface area contributed by atoms with E-state index < -0.39 is 14.4 Å². The van der Waals surface area contributed by atoms with E-state index in [1.807, 2.05) is 0 Å². The van der Waals surface area contributed by atoms with Gasteiger partial charge in [0.15, 0.2) is 0 Å². The standard InChI is InChI=1S/C11H10F3N2OP/c1-16-5-10(18(13)14)15-11(16)8-3-2-7(6-17)4-9(8)12/h2-5,17H,6H2,1H3. The zero-order valence-corrected chi connectivity index (χ0v) is 10.3. The molecule has 0 aliphatic carbocycles. The van der Waals surface area contributed by atoms with Crippen LogP contribution in [0.2, 0.25) is 0 Å². The molecule has 1 N–H and O–H groups in total. The summed E-state index contributed by atoms with van der Waals surface area (Å²) in [6, 6.07) is 4.11. The molecule has 18 heavy (non-hydrogen) atoms. The van der Waals surface area contributed by atoms with Gasteiger partial charge in [0, 0.05) is 13.2 Å². The third kappa shape index (κ3) is 2.40. The van der Waals surface area contributed by atoms with Gasteiger partial charge in [0.25, 0.3) is 0 Å². The highest BCUT2D eigenvalue weighted by Crippen LogP contribution is 2.37. The first-order valence-electron chi connectivity index (χ1n) is 5.07. The summed E-state index contributed by atoms with van der Waals surface area (Å²) < 4.78 is 40.2. The number of halogens is 3. The van der Waals surface area contributed by atoms with Crippen LogP contribution >= 0.6 is 8.54 Å². The van der Waals surface area contributed by atoms with Gasteiger partial charge in [0.05, 0.1) is 12.2 Å². The molecule has 0 unspecified atom stereocenters. The highest BCUT2D eigenvalue weighted by Gasteiger charge is 2.18. The minimum atomic E-state index is -3.29. The molecule has 0 saturated heterocycles. The quantitative estimate of drug-likeness (QED) is 0.874. The molecule has 0 aliphatic rings. The molecule has 0 aliphatic heterocycles. The van der Waals surface area contributed by atoms with Crippen LogP contribution in [0.15, 0.2) is 24.4 Å². The Bertz CT molecular complexity index is 571. The first-order valence-corrected chi connectivity index (χ1v) is 6.20. The van der Waals surface area contributed by atoms with E-state index in [2.05, 4.69) is 4.98 Å². The lowest BCUT2D eigenvalue weighted by atomic mass is 10.1. The number of imidazole rings is 1. The van der Waals surface area contributed by atoms with Crippen LogP contribution in [-0.2, 0) is 13.7 Å². The second-order valence-electron chi connectivity index (χ2n) is 3.74. The van der Waals surface area contributed by atoms with Crippen LogP contribution in [0.25, 0.3) is 11.4 Å². The predicted molar refractivity (Wildman–Crippen MR) is 63.3 cm³/mol. The van der Waals surface area contributed by atoms with Crippen LogP contribution in [-0.4, -0.2) is 14.7 Å². The maximum atomic E-state index is 13.8. The molecule has 0 amide bonds. The van der Waals surface area contributed by atoms with Crippen molar-refractivity contribution in [3.05, 3.63) is 35.8 Å². The molecule has 0 saturated carbocycles. The molecule has 1 heterocycles. The summed E-state index contributed by atoms with van der Waals surface area (Å²) in [5, 5.41) is 8.87. The van der Waals surface area contributed by atoms with E-state index in [9.17, 15) is 12.8 Å². The number of aromatic nitrogens is 2. The Labute approximate surface area is 103 Å². The third-order valence-electron chi connectivity index (χ3n) is 2.49. The molecule has 1 aromatic heterocycles. The SMILES string of the molecule is Cn1cc(P(F)F)nc1-c1ccc(CO)cc1F. The number of rotatable bonds is 3. The minimum Gasteiger partial charge on any atom is -0.392 e. The molecule has 2 aromatic rings. The van der Waals surface area contributed by atoms with Gasteiger partial charge in [-0.25, -0.2) is 9.37 Å². The summed E-state index contributed by atoms with van der Waals surface area (Å²) >= 11 is 0. The molecule has 3 nitrogen and oxygen atoms in total. The molecule has 0 spiro atoms. The van der Waals surface area contributed by atoms with Crippen LogP contribution in [0.4, 0.5) is 12.8 Å². The van der Waals surface area contributed by atoms with E-state index in [1.165, 1.54) is 29.9 Å². The Morgan fingerprint density at radius 3 is 2.61 bits per heavy atom. The van der Waals surface area contributed by atoms with Gasteiger partial charge < -0.3 is 9.67 Å². The summed E-state index contributed by atoms with van der Waals surface area (Å²) in [5.74, 6) is -0.446. The highest BCUT2D eigenvalue weighted by atomic mass is 31.2. The molecular formula is C11H10F3N2OP. The molecule has 0 fully saturated rings. The van der Waals surface area contributed by atoms with E-state index in [0.717, 1.165) is 6.07 Å². The predicted octanol–water partition coefficient (Wildman–Crippen LogP) is 2.59. The average molecular weight is 274 g/mol. The van der Waals surface area contributed by atoms with Gasteiger partial charge in [-0.2, -0.15) is 8.39 Å². The van der Waals surface area contributed by atoms with Gasteiger partial charge in [0.2, 0.25) is 0 Å². The van der Waals surface area contributed by atoms with Crippen LogP contribution < -0.4 is 5.44 Å². The van der Waals surface area contributed by atoms with Crippen molar-refractivity contribution in [1.29, 1.82) is 0 Å². The lowest BCUT2D eigenvalue weighted by molar-refractivity contribution is 0.281. The van der Waals surface area contributed by atoms with Gasteiger partial charge in [-0.05, 0) is 17.7 Å². The molecule has 0 bridgehead atoms. The second-order valence-corrected chi connectivity index (χ2v) is 4.66. The zero-order chi connectivity index (χ0) is 13.3. The zero-order valence-electron chi connectivity index (χ0n) is 9.44. The van der Waals surface area contributed by atoms with Crippen molar-refractivity contribution in [2.75, 3.05) is 0 Å². The summed E-state index contributed by atoms with van der Waals surface area (Å²) in [6.45, 7) is -0.275. The van der Waals surface area contributed by atoms with Crippen molar-refractivity contribution in [1.82, 2.24) is 9.55 Å². The van der Waals surface area contributed by atoms with Crippen molar-refractivity contribution in [3.63, 3.8) is 0 Å². The lowest BCUT2D eigenvalue weighted by Crippen LogP contribution is -1.96. The van der Waals surface area contributed by atoms with Crippen molar-refractivity contribution >= 4 is 14.0 Å². The van der Waals surface area contributed by atoms with Gasteiger partial charge in [-0.1, -0.05) is 6.07 Å². The van der Waals surface area contributed by atoms with E-state index in [0.29, 0.717) is 5.56 Å². The van der Waals surface area contributed by atoms with Gasteiger partial charge >= 0.3 is 8.54 Å². The highest BCUT2D eigenvalue weighted by molar-refractivity contribution is 7.54. The molecule has 1 aromatic carbocycles. The van der Waals surface area contributed by atoms with Crippen molar-refractivity contribution in [2.45, 2.75) is 6.61 Å².